The maximum Gasteiger partial charge on any atom is 0.230 e. The molecule has 27 heavy (non-hydrogen) atoms. The van der Waals surface area contributed by atoms with E-state index >= 15 is 0 Å². The van der Waals surface area contributed by atoms with Gasteiger partial charge in [-0.3, -0.25) is 4.90 Å². The van der Waals surface area contributed by atoms with Crippen LogP contribution in [0.5, 0.6) is 0 Å². The van der Waals surface area contributed by atoms with Gasteiger partial charge in [-0.25, -0.2) is 0 Å². The maximum absolute atomic E-state index is 6.06. The number of hydrogen-bond donors (Lipinski definition) is 0. The number of likely N-dealkylation sites (tertiary alicyclic amines) is 1. The van der Waals surface area contributed by atoms with Gasteiger partial charge >= 0.3 is 0 Å². The van der Waals surface area contributed by atoms with E-state index in [0.29, 0.717) is 22.2 Å². The Hall–Kier alpha value is -2.18. The molecule has 2 fully saturated rings. The number of aromatic nitrogens is 3. The Balaban J connectivity index is 1.22. The summed E-state index contributed by atoms with van der Waals surface area (Å²) in [6, 6.07) is 9.57. The van der Waals surface area contributed by atoms with Gasteiger partial charge in [0.25, 0.3) is 0 Å². The standard InChI is InChI=1S/C20H21ClN4O2/c1-13-9-16(26-23-13)12-25-7-5-20(6-8-25)11-17(20)19-22-18(24-27-19)14-3-2-4-15(21)10-14/h2-4,9-10,17H,5-8,11-12H2,1H3/t17-/m0/s1. The van der Waals surface area contributed by atoms with E-state index in [4.69, 9.17) is 20.6 Å². The zero-order valence-electron chi connectivity index (χ0n) is 15.2. The first-order valence-electron chi connectivity index (χ1n) is 9.35. The molecule has 1 aromatic carbocycles. The molecule has 1 aliphatic carbocycles. The average molecular weight is 385 g/mol. The Morgan fingerprint density at radius 2 is 2.04 bits per heavy atom. The maximum atomic E-state index is 6.06. The summed E-state index contributed by atoms with van der Waals surface area (Å²) >= 11 is 6.06. The van der Waals surface area contributed by atoms with Crippen LogP contribution in [0.25, 0.3) is 11.4 Å². The number of aryl methyl sites for hydroxylation is 1. The van der Waals surface area contributed by atoms with Crippen molar-refractivity contribution in [1.29, 1.82) is 0 Å². The van der Waals surface area contributed by atoms with Gasteiger partial charge in [0.05, 0.1) is 12.2 Å². The minimum Gasteiger partial charge on any atom is -0.360 e. The van der Waals surface area contributed by atoms with Crippen LogP contribution in [-0.4, -0.2) is 33.3 Å². The third-order valence-electron chi connectivity index (χ3n) is 5.92. The van der Waals surface area contributed by atoms with Gasteiger partial charge in [0.1, 0.15) is 0 Å². The summed E-state index contributed by atoms with van der Waals surface area (Å²) in [5.74, 6) is 2.71. The van der Waals surface area contributed by atoms with Crippen LogP contribution in [0.3, 0.4) is 0 Å². The molecule has 5 rings (SSSR count). The minimum atomic E-state index is 0.325. The molecule has 3 aromatic rings. The van der Waals surface area contributed by atoms with Crippen molar-refractivity contribution >= 4 is 11.6 Å². The summed E-state index contributed by atoms with van der Waals surface area (Å²) in [4.78, 5) is 7.09. The number of hydrogen-bond acceptors (Lipinski definition) is 6. The van der Waals surface area contributed by atoms with Gasteiger partial charge in [0.2, 0.25) is 11.7 Å². The highest BCUT2D eigenvalue weighted by molar-refractivity contribution is 6.30. The van der Waals surface area contributed by atoms with Crippen LogP contribution in [0.4, 0.5) is 0 Å². The Kier molecular flexibility index (Phi) is 4.06. The van der Waals surface area contributed by atoms with Gasteiger partial charge in [0, 0.05) is 22.6 Å². The second kappa shape index (κ2) is 6.46. The molecule has 6 nitrogen and oxygen atoms in total. The van der Waals surface area contributed by atoms with Gasteiger partial charge < -0.3 is 9.05 Å². The Morgan fingerprint density at radius 3 is 2.78 bits per heavy atom. The van der Waals surface area contributed by atoms with Gasteiger partial charge in [-0.1, -0.05) is 34.0 Å². The number of piperidine rings is 1. The summed E-state index contributed by atoms with van der Waals surface area (Å²) in [5.41, 5.74) is 2.16. The molecule has 140 valence electrons. The number of rotatable bonds is 4. The first kappa shape index (κ1) is 17.0. The van der Waals surface area contributed by atoms with Gasteiger partial charge in [-0.15, -0.1) is 0 Å². The monoisotopic (exact) mass is 384 g/mol. The molecule has 7 heteroatoms. The van der Waals surface area contributed by atoms with E-state index < -0.39 is 0 Å². The molecule has 1 atom stereocenters. The second-order valence-electron chi connectivity index (χ2n) is 7.80. The molecule has 3 heterocycles. The molecule has 0 unspecified atom stereocenters. The number of benzene rings is 1. The van der Waals surface area contributed by atoms with Crippen molar-refractivity contribution in [1.82, 2.24) is 20.2 Å². The van der Waals surface area contributed by atoms with Crippen LogP contribution in [-0.2, 0) is 6.54 Å². The summed E-state index contributed by atoms with van der Waals surface area (Å²) in [5, 5.41) is 8.81. The molecule has 0 radical (unpaired) electrons. The highest BCUT2D eigenvalue weighted by atomic mass is 35.5. The second-order valence-corrected chi connectivity index (χ2v) is 8.23. The zero-order valence-corrected chi connectivity index (χ0v) is 15.9. The Morgan fingerprint density at radius 1 is 1.19 bits per heavy atom. The van der Waals surface area contributed by atoms with Crippen molar-refractivity contribution in [2.75, 3.05) is 13.1 Å². The normalized spacial score (nSPS) is 21.6. The third kappa shape index (κ3) is 3.28. The van der Waals surface area contributed by atoms with E-state index in [9.17, 15) is 0 Å². The summed E-state index contributed by atoms with van der Waals surface area (Å²) < 4.78 is 10.9. The predicted octanol–water partition coefficient (Wildman–Crippen LogP) is 4.46. The van der Waals surface area contributed by atoms with E-state index in [-0.39, 0.29) is 0 Å². The minimum absolute atomic E-state index is 0.325. The largest absolute Gasteiger partial charge is 0.360 e. The summed E-state index contributed by atoms with van der Waals surface area (Å²) in [7, 11) is 0. The summed E-state index contributed by atoms with van der Waals surface area (Å²) in [6.07, 6.45) is 3.44. The molecule has 1 aliphatic heterocycles. The smallest absolute Gasteiger partial charge is 0.230 e. The first-order valence-corrected chi connectivity index (χ1v) is 9.73. The topological polar surface area (TPSA) is 68.2 Å². The highest BCUT2D eigenvalue weighted by Crippen LogP contribution is 2.64. The molecule has 1 spiro atoms. The Bertz CT molecular complexity index is 958. The van der Waals surface area contributed by atoms with E-state index in [1.54, 1.807) is 0 Å². The average Bonchev–Trinajstić information content (AvgIpc) is 2.99. The third-order valence-corrected chi connectivity index (χ3v) is 6.16. The lowest BCUT2D eigenvalue weighted by atomic mass is 9.90. The van der Waals surface area contributed by atoms with Crippen LogP contribution in [0, 0.1) is 12.3 Å². The fourth-order valence-corrected chi connectivity index (χ4v) is 4.43. The molecule has 0 bridgehead atoms. The van der Waals surface area contributed by atoms with Crippen LogP contribution in [0.2, 0.25) is 5.02 Å². The quantitative estimate of drug-likeness (QED) is 0.661. The number of nitrogens with zero attached hydrogens (tertiary/aromatic N) is 4. The first-order chi connectivity index (χ1) is 13.1. The lowest BCUT2D eigenvalue weighted by Crippen LogP contribution is -2.34. The molecule has 0 amide bonds. The van der Waals surface area contributed by atoms with Crippen molar-refractivity contribution < 1.29 is 9.05 Å². The molecular weight excluding hydrogens is 364 g/mol. The van der Waals surface area contributed by atoms with Gasteiger partial charge in [0.15, 0.2) is 5.76 Å². The van der Waals surface area contributed by atoms with Crippen LogP contribution >= 0.6 is 11.6 Å². The SMILES string of the molecule is Cc1cc(CN2CCC3(CC2)C[C@H]3c2nc(-c3cccc(Cl)c3)no2)on1. The van der Waals surface area contributed by atoms with E-state index in [1.807, 2.05) is 37.3 Å². The van der Waals surface area contributed by atoms with E-state index in [2.05, 4.69) is 20.2 Å². The van der Waals surface area contributed by atoms with Gasteiger partial charge in [-0.05, 0) is 56.8 Å². The van der Waals surface area contributed by atoms with E-state index in [0.717, 1.165) is 61.8 Å². The summed E-state index contributed by atoms with van der Waals surface area (Å²) in [6.45, 7) is 4.91. The van der Waals surface area contributed by atoms with Crippen molar-refractivity contribution in [2.45, 2.75) is 38.6 Å². The molecular formula is C20H21ClN4O2. The van der Waals surface area contributed by atoms with Crippen LogP contribution in [0.15, 0.2) is 39.4 Å². The van der Waals surface area contributed by atoms with Crippen molar-refractivity contribution in [3.63, 3.8) is 0 Å². The predicted molar refractivity (Wildman–Crippen MR) is 100 cm³/mol. The molecule has 2 aromatic heterocycles. The zero-order chi connectivity index (χ0) is 18.4. The Labute approximate surface area is 162 Å². The van der Waals surface area contributed by atoms with Crippen LogP contribution < -0.4 is 0 Å². The number of halogens is 1. The van der Waals surface area contributed by atoms with Crippen molar-refractivity contribution in [3.8, 4) is 11.4 Å². The van der Waals surface area contributed by atoms with Crippen molar-refractivity contribution in [2.24, 2.45) is 5.41 Å². The van der Waals surface area contributed by atoms with Gasteiger partial charge in [-0.2, -0.15) is 4.98 Å². The van der Waals surface area contributed by atoms with E-state index in [1.165, 1.54) is 0 Å². The molecule has 2 aliphatic rings. The molecule has 1 saturated carbocycles. The van der Waals surface area contributed by atoms with Crippen LogP contribution in [0.1, 0.15) is 42.5 Å². The fourth-order valence-electron chi connectivity index (χ4n) is 4.24. The fraction of sp³-hybridized carbons (Fsp3) is 0.450. The highest BCUT2D eigenvalue weighted by Gasteiger charge is 2.58. The lowest BCUT2D eigenvalue weighted by Gasteiger charge is -2.31. The lowest BCUT2D eigenvalue weighted by molar-refractivity contribution is 0.146. The molecule has 0 N–H and O–H groups in total. The molecule has 1 saturated heterocycles. The van der Waals surface area contributed by atoms with Crippen molar-refractivity contribution in [3.05, 3.63) is 52.7 Å².